The van der Waals surface area contributed by atoms with E-state index >= 15 is 0 Å². The Morgan fingerprint density at radius 3 is 2.67 bits per heavy atom. The second-order valence-electron chi connectivity index (χ2n) is 4.41. The summed E-state index contributed by atoms with van der Waals surface area (Å²) in [5.74, 6) is 1.28. The first-order valence-electron chi connectivity index (χ1n) is 6.31. The maximum atomic E-state index is 10.1. The summed E-state index contributed by atoms with van der Waals surface area (Å²) in [5.41, 5.74) is 1.42. The number of methoxy groups -OCH3 is 1. The predicted molar refractivity (Wildman–Crippen MR) is 82.4 cm³/mol. The average Bonchev–Trinajstić information content (AvgIpc) is 2.90. The Labute approximate surface area is 126 Å². The van der Waals surface area contributed by atoms with E-state index in [-0.39, 0.29) is 5.75 Å². The lowest BCUT2D eigenvalue weighted by molar-refractivity contribution is 0.412. The summed E-state index contributed by atoms with van der Waals surface area (Å²) in [5, 5.41) is 17.1. The molecule has 0 saturated heterocycles. The summed E-state index contributed by atoms with van der Waals surface area (Å²) in [6.07, 6.45) is 0. The van der Waals surface area contributed by atoms with Crippen LogP contribution in [0.3, 0.4) is 0 Å². The van der Waals surface area contributed by atoms with Gasteiger partial charge >= 0.3 is 0 Å². The molecule has 0 atom stereocenters. The second-order valence-corrected chi connectivity index (χ2v) is 4.79. The van der Waals surface area contributed by atoms with Gasteiger partial charge in [-0.15, -0.1) is 0 Å². The minimum atomic E-state index is 0.113. The van der Waals surface area contributed by atoms with E-state index in [1.165, 1.54) is 0 Å². The van der Waals surface area contributed by atoms with Crippen LogP contribution in [-0.4, -0.2) is 27.0 Å². The van der Waals surface area contributed by atoms with E-state index in [1.54, 1.807) is 29.9 Å². The van der Waals surface area contributed by atoms with Gasteiger partial charge in [0.2, 0.25) is 0 Å². The number of rotatable bonds is 3. The van der Waals surface area contributed by atoms with E-state index in [2.05, 4.69) is 10.2 Å². The first-order chi connectivity index (χ1) is 10.2. The fourth-order valence-electron chi connectivity index (χ4n) is 2.12. The molecular weight excluding hydrogens is 286 g/mol. The molecule has 1 heterocycles. The standard InChI is InChI=1S/C15H13N3O2S/c1-20-11-7-8-13(19)12(9-11)14-16-17-15(21)18(14)10-5-3-2-4-6-10/h2-9,19H,1H3,(H,17,21). The Balaban J connectivity index is 2.24. The van der Waals surface area contributed by atoms with Crippen molar-refractivity contribution in [1.82, 2.24) is 14.8 Å². The van der Waals surface area contributed by atoms with Gasteiger partial charge in [-0.05, 0) is 42.5 Å². The van der Waals surface area contributed by atoms with Crippen molar-refractivity contribution in [1.29, 1.82) is 0 Å². The molecule has 0 aliphatic heterocycles. The van der Waals surface area contributed by atoms with Crippen molar-refractivity contribution in [2.45, 2.75) is 0 Å². The first-order valence-corrected chi connectivity index (χ1v) is 6.72. The van der Waals surface area contributed by atoms with Crippen molar-refractivity contribution < 1.29 is 9.84 Å². The summed E-state index contributed by atoms with van der Waals surface area (Å²) in [6.45, 7) is 0. The number of aromatic hydroxyl groups is 1. The van der Waals surface area contributed by atoms with Crippen LogP contribution in [-0.2, 0) is 0 Å². The molecule has 0 saturated carbocycles. The summed E-state index contributed by atoms with van der Waals surface area (Å²) in [4.78, 5) is 0. The number of hydrogen-bond acceptors (Lipinski definition) is 4. The highest BCUT2D eigenvalue weighted by Crippen LogP contribution is 2.32. The van der Waals surface area contributed by atoms with Gasteiger partial charge in [0, 0.05) is 5.69 Å². The molecule has 5 nitrogen and oxygen atoms in total. The quantitative estimate of drug-likeness (QED) is 0.728. The molecule has 0 fully saturated rings. The third-order valence-electron chi connectivity index (χ3n) is 3.13. The topological polar surface area (TPSA) is 63.1 Å². The van der Waals surface area contributed by atoms with Crippen LogP contribution >= 0.6 is 12.2 Å². The largest absolute Gasteiger partial charge is 0.507 e. The van der Waals surface area contributed by atoms with E-state index in [1.807, 2.05) is 30.3 Å². The molecule has 0 unspecified atom stereocenters. The van der Waals surface area contributed by atoms with E-state index in [0.29, 0.717) is 21.9 Å². The number of aromatic nitrogens is 3. The van der Waals surface area contributed by atoms with Gasteiger partial charge < -0.3 is 9.84 Å². The van der Waals surface area contributed by atoms with Crippen LogP contribution in [0.25, 0.3) is 17.1 Å². The second kappa shape index (κ2) is 5.41. The highest BCUT2D eigenvalue weighted by atomic mass is 32.1. The molecule has 0 aliphatic carbocycles. The third kappa shape index (κ3) is 2.41. The normalized spacial score (nSPS) is 10.5. The maximum Gasteiger partial charge on any atom is 0.200 e. The molecule has 2 aromatic carbocycles. The first kappa shape index (κ1) is 13.4. The van der Waals surface area contributed by atoms with E-state index < -0.39 is 0 Å². The molecule has 0 radical (unpaired) electrons. The highest BCUT2D eigenvalue weighted by Gasteiger charge is 2.15. The molecule has 1 aromatic heterocycles. The predicted octanol–water partition coefficient (Wildman–Crippen LogP) is 3.31. The number of benzene rings is 2. The number of para-hydroxylation sites is 1. The number of nitrogens with one attached hydrogen (secondary N) is 1. The minimum absolute atomic E-state index is 0.113. The Morgan fingerprint density at radius 1 is 1.19 bits per heavy atom. The van der Waals surface area contributed by atoms with Crippen molar-refractivity contribution in [2.24, 2.45) is 0 Å². The van der Waals surface area contributed by atoms with Crippen LogP contribution < -0.4 is 4.74 Å². The molecule has 0 aliphatic rings. The van der Waals surface area contributed by atoms with Crippen LogP contribution in [0.1, 0.15) is 0 Å². The number of aromatic amines is 1. The third-order valence-corrected chi connectivity index (χ3v) is 3.41. The lowest BCUT2D eigenvalue weighted by Gasteiger charge is -2.09. The smallest absolute Gasteiger partial charge is 0.200 e. The Morgan fingerprint density at radius 2 is 1.95 bits per heavy atom. The number of phenolic OH excluding ortho intramolecular Hbond substituents is 1. The molecule has 6 heteroatoms. The van der Waals surface area contributed by atoms with Gasteiger partial charge in [-0.25, -0.2) is 0 Å². The summed E-state index contributed by atoms with van der Waals surface area (Å²) >= 11 is 5.29. The maximum absolute atomic E-state index is 10.1. The number of phenols is 1. The van der Waals surface area contributed by atoms with Gasteiger partial charge in [0.15, 0.2) is 10.6 Å². The van der Waals surface area contributed by atoms with E-state index in [4.69, 9.17) is 17.0 Å². The molecule has 0 bridgehead atoms. The van der Waals surface area contributed by atoms with E-state index in [0.717, 1.165) is 5.69 Å². The fraction of sp³-hybridized carbons (Fsp3) is 0.0667. The fourth-order valence-corrected chi connectivity index (χ4v) is 2.35. The van der Waals surface area contributed by atoms with Gasteiger partial charge in [0.1, 0.15) is 11.5 Å². The summed E-state index contributed by atoms with van der Waals surface area (Å²) < 4.78 is 7.42. The van der Waals surface area contributed by atoms with Crippen LogP contribution in [0.2, 0.25) is 0 Å². The molecule has 2 N–H and O–H groups in total. The van der Waals surface area contributed by atoms with Crippen molar-refractivity contribution >= 4 is 12.2 Å². The van der Waals surface area contributed by atoms with Crippen molar-refractivity contribution in [3.05, 3.63) is 53.3 Å². The summed E-state index contributed by atoms with van der Waals surface area (Å²) in [7, 11) is 1.57. The van der Waals surface area contributed by atoms with Crippen molar-refractivity contribution in [3.8, 4) is 28.6 Å². The van der Waals surface area contributed by atoms with Crippen LogP contribution in [0.15, 0.2) is 48.5 Å². The van der Waals surface area contributed by atoms with Gasteiger partial charge in [-0.3, -0.25) is 9.67 Å². The molecule has 0 amide bonds. The highest BCUT2D eigenvalue weighted by molar-refractivity contribution is 7.71. The molecule has 0 spiro atoms. The number of ether oxygens (including phenoxy) is 1. The number of H-pyrrole nitrogens is 1. The van der Waals surface area contributed by atoms with E-state index in [9.17, 15) is 5.11 Å². The molecular formula is C15H13N3O2S. The monoisotopic (exact) mass is 299 g/mol. The zero-order valence-corrected chi connectivity index (χ0v) is 12.1. The van der Waals surface area contributed by atoms with Crippen molar-refractivity contribution in [3.63, 3.8) is 0 Å². The van der Waals surface area contributed by atoms with Gasteiger partial charge in [0.25, 0.3) is 0 Å². The lowest BCUT2D eigenvalue weighted by atomic mass is 10.1. The van der Waals surface area contributed by atoms with Gasteiger partial charge in [-0.1, -0.05) is 18.2 Å². The molecule has 106 valence electrons. The van der Waals surface area contributed by atoms with Crippen LogP contribution in [0.4, 0.5) is 0 Å². The Hall–Kier alpha value is -2.60. The lowest BCUT2D eigenvalue weighted by Crippen LogP contribution is -1.98. The SMILES string of the molecule is COc1ccc(O)c(-c2n[nH]c(=S)n2-c2ccccc2)c1. The van der Waals surface area contributed by atoms with Gasteiger partial charge in [-0.2, -0.15) is 5.10 Å². The minimum Gasteiger partial charge on any atom is -0.507 e. The van der Waals surface area contributed by atoms with Crippen LogP contribution in [0, 0.1) is 4.77 Å². The molecule has 21 heavy (non-hydrogen) atoms. The van der Waals surface area contributed by atoms with Crippen LogP contribution in [0.5, 0.6) is 11.5 Å². The Bertz CT molecular complexity index is 824. The molecule has 3 aromatic rings. The zero-order chi connectivity index (χ0) is 14.8. The number of hydrogen-bond donors (Lipinski definition) is 2. The number of nitrogens with zero attached hydrogens (tertiary/aromatic N) is 2. The Kier molecular flexibility index (Phi) is 3.45. The average molecular weight is 299 g/mol. The summed E-state index contributed by atoms with van der Waals surface area (Å²) in [6, 6.07) is 14.6. The van der Waals surface area contributed by atoms with Gasteiger partial charge in [0.05, 0.1) is 12.7 Å². The zero-order valence-electron chi connectivity index (χ0n) is 11.3. The molecule has 3 rings (SSSR count). The van der Waals surface area contributed by atoms with Crippen molar-refractivity contribution in [2.75, 3.05) is 7.11 Å².